The summed E-state index contributed by atoms with van der Waals surface area (Å²) in [7, 11) is 3.14. The van der Waals surface area contributed by atoms with Crippen LogP contribution in [0, 0.1) is 0 Å². The van der Waals surface area contributed by atoms with Gasteiger partial charge in [-0.2, -0.15) is 0 Å². The average Bonchev–Trinajstić information content (AvgIpc) is 3.29. The number of benzene rings is 2. The van der Waals surface area contributed by atoms with Crippen molar-refractivity contribution in [3.8, 4) is 17.3 Å². The fraction of sp³-hybridized carbons (Fsp3) is 0.240. The molecule has 4 rings (SSSR count). The van der Waals surface area contributed by atoms with Crippen LogP contribution < -0.4 is 20.5 Å². The van der Waals surface area contributed by atoms with E-state index in [9.17, 15) is 4.79 Å². The number of nitrogens with two attached hydrogens (primary N) is 1. The molecule has 35 heavy (non-hydrogen) atoms. The summed E-state index contributed by atoms with van der Waals surface area (Å²) in [6, 6.07) is 14.0. The number of esters is 1. The summed E-state index contributed by atoms with van der Waals surface area (Å²) in [6.45, 7) is 2.24. The van der Waals surface area contributed by atoms with Gasteiger partial charge in [-0.25, -0.2) is 14.8 Å². The van der Waals surface area contributed by atoms with Crippen molar-refractivity contribution < 1.29 is 19.0 Å². The number of rotatable bonds is 9. The minimum absolute atomic E-state index is 0.239. The van der Waals surface area contributed by atoms with Crippen molar-refractivity contribution in [2.24, 2.45) is 5.73 Å². The molecule has 2 aromatic carbocycles. The van der Waals surface area contributed by atoms with Crippen LogP contribution in [-0.2, 0) is 4.74 Å². The van der Waals surface area contributed by atoms with Gasteiger partial charge in [-0.05, 0) is 36.8 Å². The monoisotopic (exact) mass is 495 g/mol. The van der Waals surface area contributed by atoms with Gasteiger partial charge in [0, 0.05) is 23.7 Å². The first-order valence-electron chi connectivity index (χ1n) is 11.0. The number of imidazole rings is 1. The number of halogens is 1. The van der Waals surface area contributed by atoms with E-state index in [2.05, 4.69) is 10.3 Å². The summed E-state index contributed by atoms with van der Waals surface area (Å²) in [5.74, 6) is 1.52. The molecule has 10 heteroatoms. The van der Waals surface area contributed by atoms with Crippen LogP contribution in [0.4, 0.5) is 5.82 Å². The zero-order valence-electron chi connectivity index (χ0n) is 19.6. The van der Waals surface area contributed by atoms with E-state index >= 15 is 0 Å². The highest BCUT2D eigenvalue weighted by atomic mass is 35.5. The third kappa shape index (κ3) is 5.01. The van der Waals surface area contributed by atoms with Crippen LogP contribution in [0.5, 0.6) is 11.5 Å². The Kier molecular flexibility index (Phi) is 7.38. The zero-order valence-corrected chi connectivity index (χ0v) is 20.4. The highest BCUT2D eigenvalue weighted by molar-refractivity contribution is 6.30. The van der Waals surface area contributed by atoms with E-state index in [0.717, 1.165) is 11.1 Å². The second-order valence-electron chi connectivity index (χ2n) is 7.58. The maximum Gasteiger partial charge on any atom is 0.341 e. The second-order valence-corrected chi connectivity index (χ2v) is 8.02. The number of pyridine rings is 1. The number of nitrogens with one attached hydrogen (secondary N) is 1. The number of aromatic nitrogens is 3. The molecule has 2 heterocycles. The molecule has 3 N–H and O–H groups in total. The maximum absolute atomic E-state index is 12.7. The third-order valence-corrected chi connectivity index (χ3v) is 5.71. The maximum atomic E-state index is 12.7. The average molecular weight is 496 g/mol. The van der Waals surface area contributed by atoms with Gasteiger partial charge in [0.2, 0.25) is 0 Å². The topological polar surface area (TPSA) is 114 Å². The van der Waals surface area contributed by atoms with E-state index in [1.54, 1.807) is 56.3 Å². The largest absolute Gasteiger partial charge is 0.493 e. The lowest BCUT2D eigenvalue weighted by Gasteiger charge is -2.20. The minimum Gasteiger partial charge on any atom is -0.493 e. The molecule has 0 spiro atoms. The Hall–Kier alpha value is -3.82. The summed E-state index contributed by atoms with van der Waals surface area (Å²) < 4.78 is 17.9. The molecule has 0 aliphatic heterocycles. The van der Waals surface area contributed by atoms with Crippen LogP contribution in [0.2, 0.25) is 5.02 Å². The van der Waals surface area contributed by atoms with Crippen molar-refractivity contribution in [1.82, 2.24) is 14.5 Å². The number of hydrogen-bond acceptors (Lipinski definition) is 8. The van der Waals surface area contributed by atoms with Gasteiger partial charge in [0.05, 0.1) is 37.9 Å². The quantitative estimate of drug-likeness (QED) is 0.329. The van der Waals surface area contributed by atoms with Crippen LogP contribution in [0.15, 0.2) is 54.9 Å². The van der Waals surface area contributed by atoms with Crippen LogP contribution in [0.3, 0.4) is 0 Å². The van der Waals surface area contributed by atoms with Crippen LogP contribution in [0.1, 0.15) is 28.9 Å². The molecule has 0 radical (unpaired) electrons. The molecule has 4 aromatic rings. The molecule has 0 amide bonds. The number of carbonyl (C=O) groups excluding carboxylic acids is 1. The van der Waals surface area contributed by atoms with E-state index in [1.165, 1.54) is 0 Å². The minimum atomic E-state index is -0.488. The zero-order chi connectivity index (χ0) is 24.9. The molecule has 182 valence electrons. The number of fused-ring (bicyclic) bond motifs is 1. The van der Waals surface area contributed by atoms with Gasteiger partial charge in [0.1, 0.15) is 23.5 Å². The first kappa shape index (κ1) is 24.3. The molecule has 0 aliphatic carbocycles. The van der Waals surface area contributed by atoms with Gasteiger partial charge in [0.25, 0.3) is 0 Å². The molecule has 1 atom stereocenters. The summed E-state index contributed by atoms with van der Waals surface area (Å²) in [4.78, 5) is 21.9. The molecule has 9 nitrogen and oxygen atoms in total. The molecule has 0 aliphatic rings. The lowest BCUT2D eigenvalue weighted by molar-refractivity contribution is 0.0527. The van der Waals surface area contributed by atoms with Gasteiger partial charge < -0.3 is 25.3 Å². The Morgan fingerprint density at radius 3 is 2.60 bits per heavy atom. The van der Waals surface area contributed by atoms with Crippen LogP contribution >= 0.6 is 11.6 Å². The van der Waals surface area contributed by atoms with Gasteiger partial charge in [-0.15, -0.1) is 0 Å². The SMILES string of the molecule is CCOC(=O)c1ccc(-n2cnc3cc(OC)c(OC)cc32)nc1NC(CN)c1cccc(Cl)c1. The first-order valence-corrected chi connectivity index (χ1v) is 11.4. The van der Waals surface area contributed by atoms with Crippen LogP contribution in [-0.4, -0.2) is 47.9 Å². The molecule has 1 unspecified atom stereocenters. The van der Waals surface area contributed by atoms with Gasteiger partial charge in [-0.1, -0.05) is 23.7 Å². The fourth-order valence-corrected chi connectivity index (χ4v) is 3.95. The van der Waals surface area contributed by atoms with Gasteiger partial charge in [-0.3, -0.25) is 4.57 Å². The molecular weight excluding hydrogens is 470 g/mol. The van der Waals surface area contributed by atoms with E-state index in [-0.39, 0.29) is 19.2 Å². The lowest BCUT2D eigenvalue weighted by Crippen LogP contribution is -2.23. The summed E-state index contributed by atoms with van der Waals surface area (Å²) in [5, 5.41) is 3.88. The molecule has 2 aromatic heterocycles. The van der Waals surface area contributed by atoms with Crippen molar-refractivity contribution in [1.29, 1.82) is 0 Å². The summed E-state index contributed by atoms with van der Waals surface area (Å²) in [6.07, 6.45) is 1.65. The van der Waals surface area contributed by atoms with Crippen LogP contribution in [0.25, 0.3) is 16.9 Å². The Morgan fingerprint density at radius 1 is 1.14 bits per heavy atom. The molecule has 0 saturated carbocycles. The second kappa shape index (κ2) is 10.6. The number of hydrogen-bond donors (Lipinski definition) is 2. The molecule has 0 saturated heterocycles. The number of methoxy groups -OCH3 is 2. The summed E-state index contributed by atoms with van der Waals surface area (Å²) >= 11 is 6.18. The smallest absolute Gasteiger partial charge is 0.341 e. The number of ether oxygens (including phenoxy) is 3. The highest BCUT2D eigenvalue weighted by Gasteiger charge is 2.20. The van der Waals surface area contributed by atoms with E-state index in [0.29, 0.717) is 39.2 Å². The number of anilines is 1. The normalized spacial score (nSPS) is 11.8. The Labute approximate surface area is 207 Å². The van der Waals surface area contributed by atoms with Gasteiger partial charge in [0.15, 0.2) is 11.5 Å². The predicted octanol–water partition coefficient (Wildman–Crippen LogP) is 4.38. The lowest BCUT2D eigenvalue weighted by atomic mass is 10.1. The Balaban J connectivity index is 1.80. The first-order chi connectivity index (χ1) is 17.0. The fourth-order valence-electron chi connectivity index (χ4n) is 3.75. The van der Waals surface area contributed by atoms with E-state index in [4.69, 9.17) is 36.5 Å². The summed E-state index contributed by atoms with van der Waals surface area (Å²) in [5.41, 5.74) is 8.68. The molecule has 0 bridgehead atoms. The highest BCUT2D eigenvalue weighted by Crippen LogP contribution is 2.33. The Bertz CT molecular complexity index is 1360. The Morgan fingerprint density at radius 2 is 1.91 bits per heavy atom. The third-order valence-electron chi connectivity index (χ3n) is 5.47. The van der Waals surface area contributed by atoms with Crippen molar-refractivity contribution >= 4 is 34.4 Å². The number of nitrogens with zero attached hydrogens (tertiary/aromatic N) is 3. The van der Waals surface area contributed by atoms with E-state index in [1.807, 2.05) is 24.3 Å². The molecule has 0 fully saturated rings. The molecular formula is C25H26ClN5O4. The van der Waals surface area contributed by atoms with Crippen molar-refractivity contribution in [3.63, 3.8) is 0 Å². The van der Waals surface area contributed by atoms with Crippen molar-refractivity contribution in [2.45, 2.75) is 13.0 Å². The number of carbonyl (C=O) groups is 1. The van der Waals surface area contributed by atoms with Crippen molar-refractivity contribution in [2.75, 3.05) is 32.7 Å². The van der Waals surface area contributed by atoms with E-state index < -0.39 is 5.97 Å². The standard InChI is InChI=1S/C25H26ClN5O4/c1-4-35-25(32)17-8-9-23(30-24(17)29-19(13-27)15-6-5-7-16(26)10-15)31-14-28-18-11-21(33-2)22(34-3)12-20(18)31/h5-12,14,19H,4,13,27H2,1-3H3,(H,29,30). The van der Waals surface area contributed by atoms with Crippen molar-refractivity contribution in [3.05, 3.63) is 71.0 Å². The van der Waals surface area contributed by atoms with Gasteiger partial charge >= 0.3 is 5.97 Å². The predicted molar refractivity (Wildman–Crippen MR) is 135 cm³/mol.